The van der Waals surface area contributed by atoms with E-state index in [0.717, 1.165) is 38.5 Å². The second-order valence-corrected chi connectivity index (χ2v) is 7.90. The molecule has 0 radical (unpaired) electrons. The van der Waals surface area contributed by atoms with Crippen molar-refractivity contribution >= 4 is 6.09 Å². The molecule has 1 saturated carbocycles. The molecule has 0 aromatic carbocycles. The van der Waals surface area contributed by atoms with Crippen LogP contribution >= 0.6 is 0 Å². The summed E-state index contributed by atoms with van der Waals surface area (Å²) >= 11 is 0. The van der Waals surface area contributed by atoms with E-state index in [1.165, 1.54) is 21.7 Å². The SMILES string of the molecule is CCCN(C)C(=O)OCc1c(-c2ccc(OC3CCCCC3)c(C(F)(F)F)n2)nnn1C. The molecule has 0 atom stereocenters. The van der Waals surface area contributed by atoms with Crippen LogP contribution in [0.5, 0.6) is 5.75 Å². The number of pyridine rings is 1. The van der Waals surface area contributed by atoms with Crippen LogP contribution in [0, 0.1) is 0 Å². The van der Waals surface area contributed by atoms with E-state index in [0.29, 0.717) is 12.2 Å². The first-order chi connectivity index (χ1) is 15.2. The number of hydrogen-bond donors (Lipinski definition) is 0. The normalized spacial score (nSPS) is 14.9. The van der Waals surface area contributed by atoms with Gasteiger partial charge in [-0.15, -0.1) is 5.10 Å². The number of halogens is 3. The molecule has 2 aromatic heterocycles. The highest BCUT2D eigenvalue weighted by Gasteiger charge is 2.38. The molecule has 0 spiro atoms. The quantitative estimate of drug-likeness (QED) is 0.608. The van der Waals surface area contributed by atoms with Crippen molar-refractivity contribution in [2.24, 2.45) is 7.05 Å². The first-order valence-corrected chi connectivity index (χ1v) is 10.7. The van der Waals surface area contributed by atoms with Crippen molar-refractivity contribution in [2.45, 2.75) is 64.3 Å². The number of aryl methyl sites for hydroxylation is 1. The maximum Gasteiger partial charge on any atom is 0.437 e. The molecule has 2 heterocycles. The molecule has 11 heteroatoms. The maximum absolute atomic E-state index is 13.8. The molecule has 32 heavy (non-hydrogen) atoms. The summed E-state index contributed by atoms with van der Waals surface area (Å²) in [5, 5.41) is 7.82. The van der Waals surface area contributed by atoms with Gasteiger partial charge in [0.2, 0.25) is 0 Å². The average Bonchev–Trinajstić information content (AvgIpc) is 3.12. The van der Waals surface area contributed by atoms with Crippen LogP contribution in [0.2, 0.25) is 0 Å². The molecule has 0 saturated heterocycles. The lowest BCUT2D eigenvalue weighted by atomic mass is 9.98. The van der Waals surface area contributed by atoms with Gasteiger partial charge >= 0.3 is 12.3 Å². The lowest BCUT2D eigenvalue weighted by molar-refractivity contribution is -0.143. The Bertz CT molecular complexity index is 926. The van der Waals surface area contributed by atoms with Crippen LogP contribution < -0.4 is 4.74 Å². The van der Waals surface area contributed by atoms with Crippen molar-refractivity contribution in [3.05, 3.63) is 23.5 Å². The smallest absolute Gasteiger partial charge is 0.437 e. The van der Waals surface area contributed by atoms with Crippen molar-refractivity contribution in [2.75, 3.05) is 13.6 Å². The number of nitrogens with zero attached hydrogens (tertiary/aromatic N) is 5. The number of carbonyl (C=O) groups excluding carboxylic acids is 1. The first kappa shape index (κ1) is 23.8. The molecule has 0 unspecified atom stereocenters. The van der Waals surface area contributed by atoms with Gasteiger partial charge in [-0.1, -0.05) is 18.6 Å². The number of rotatable bonds is 7. The van der Waals surface area contributed by atoms with Gasteiger partial charge in [-0.25, -0.2) is 14.5 Å². The van der Waals surface area contributed by atoms with Gasteiger partial charge in [0.15, 0.2) is 11.4 Å². The standard InChI is InChI=1S/C21H28F3N5O3/c1-4-12-28(2)20(30)31-13-16-18(26-27-29(16)3)15-10-11-17(19(25-15)21(22,23)24)32-14-8-6-5-7-9-14/h10-11,14H,4-9,12-13H2,1-3H3. The minimum Gasteiger partial charge on any atom is -0.488 e. The van der Waals surface area contributed by atoms with Gasteiger partial charge in [-0.05, 0) is 44.2 Å². The molecule has 0 bridgehead atoms. The summed E-state index contributed by atoms with van der Waals surface area (Å²) in [7, 11) is 3.18. The summed E-state index contributed by atoms with van der Waals surface area (Å²) in [5.74, 6) is -0.286. The van der Waals surface area contributed by atoms with Crippen molar-refractivity contribution in [3.8, 4) is 17.1 Å². The Morgan fingerprint density at radius 1 is 1.25 bits per heavy atom. The molecule has 176 valence electrons. The minimum absolute atomic E-state index is 0.0191. The number of alkyl halides is 3. The Hall–Kier alpha value is -2.85. The van der Waals surface area contributed by atoms with Crippen molar-refractivity contribution in [3.63, 3.8) is 0 Å². The lowest BCUT2D eigenvalue weighted by Gasteiger charge is -2.24. The topological polar surface area (TPSA) is 82.4 Å². The second kappa shape index (κ2) is 10.2. The van der Waals surface area contributed by atoms with Gasteiger partial charge in [0, 0.05) is 20.6 Å². The van der Waals surface area contributed by atoms with Crippen LogP contribution in [0.4, 0.5) is 18.0 Å². The molecular formula is C21H28F3N5O3. The summed E-state index contributed by atoms with van der Waals surface area (Å²) < 4.78 is 53.6. The summed E-state index contributed by atoms with van der Waals surface area (Å²) in [6.07, 6.45) is -0.322. The molecule has 3 rings (SSSR count). The predicted octanol–water partition coefficient (Wildman–Crippen LogP) is 4.59. The summed E-state index contributed by atoms with van der Waals surface area (Å²) in [6.45, 7) is 2.25. The number of ether oxygens (including phenoxy) is 2. The van der Waals surface area contributed by atoms with Gasteiger partial charge in [0.1, 0.15) is 18.0 Å². The molecule has 0 aliphatic heterocycles. The number of aromatic nitrogens is 4. The van der Waals surface area contributed by atoms with Gasteiger partial charge in [-0.2, -0.15) is 13.2 Å². The van der Waals surface area contributed by atoms with Crippen LogP contribution in [0.15, 0.2) is 12.1 Å². The van der Waals surface area contributed by atoms with E-state index in [1.54, 1.807) is 14.1 Å². The Morgan fingerprint density at radius 2 is 1.97 bits per heavy atom. The highest BCUT2D eigenvalue weighted by molar-refractivity contribution is 5.67. The molecule has 8 nitrogen and oxygen atoms in total. The monoisotopic (exact) mass is 455 g/mol. The summed E-state index contributed by atoms with van der Waals surface area (Å²) in [4.78, 5) is 17.3. The van der Waals surface area contributed by atoms with E-state index in [-0.39, 0.29) is 29.8 Å². The third kappa shape index (κ3) is 5.68. The highest BCUT2D eigenvalue weighted by Crippen LogP contribution is 2.38. The first-order valence-electron chi connectivity index (χ1n) is 10.7. The molecule has 0 N–H and O–H groups in total. The number of carbonyl (C=O) groups is 1. The third-order valence-corrected chi connectivity index (χ3v) is 5.36. The van der Waals surface area contributed by atoms with Crippen LogP contribution in [0.25, 0.3) is 11.4 Å². The highest BCUT2D eigenvalue weighted by atomic mass is 19.4. The Labute approximate surface area is 184 Å². The molecular weight excluding hydrogens is 427 g/mol. The lowest BCUT2D eigenvalue weighted by Crippen LogP contribution is -2.28. The second-order valence-electron chi connectivity index (χ2n) is 7.90. The van der Waals surface area contributed by atoms with Crippen LogP contribution in [0.1, 0.15) is 56.8 Å². The zero-order valence-corrected chi connectivity index (χ0v) is 18.5. The van der Waals surface area contributed by atoms with Crippen LogP contribution in [-0.2, 0) is 24.6 Å². The Kier molecular flexibility index (Phi) is 7.57. The molecule has 1 aliphatic rings. The van der Waals surface area contributed by atoms with E-state index in [2.05, 4.69) is 15.3 Å². The van der Waals surface area contributed by atoms with Gasteiger partial charge < -0.3 is 14.4 Å². The van der Waals surface area contributed by atoms with Gasteiger partial charge in [0.25, 0.3) is 0 Å². The van der Waals surface area contributed by atoms with Gasteiger partial charge in [0.05, 0.1) is 11.8 Å². The molecule has 1 fully saturated rings. The zero-order chi connectivity index (χ0) is 23.3. The van der Waals surface area contributed by atoms with Gasteiger partial charge in [-0.3, -0.25) is 0 Å². The molecule has 1 amide bonds. The van der Waals surface area contributed by atoms with E-state index in [4.69, 9.17) is 9.47 Å². The fourth-order valence-corrected chi connectivity index (χ4v) is 3.64. The van der Waals surface area contributed by atoms with E-state index >= 15 is 0 Å². The van der Waals surface area contributed by atoms with Crippen molar-refractivity contribution < 1.29 is 27.4 Å². The molecule has 2 aromatic rings. The average molecular weight is 455 g/mol. The van der Waals surface area contributed by atoms with E-state index < -0.39 is 18.0 Å². The third-order valence-electron chi connectivity index (χ3n) is 5.36. The van der Waals surface area contributed by atoms with Crippen molar-refractivity contribution in [1.82, 2.24) is 24.9 Å². The minimum atomic E-state index is -4.70. The Balaban J connectivity index is 1.85. The zero-order valence-electron chi connectivity index (χ0n) is 18.5. The molecule has 1 aliphatic carbocycles. The summed E-state index contributed by atoms with van der Waals surface area (Å²) in [5.41, 5.74) is -0.663. The van der Waals surface area contributed by atoms with E-state index in [1.807, 2.05) is 6.92 Å². The van der Waals surface area contributed by atoms with E-state index in [9.17, 15) is 18.0 Å². The van der Waals surface area contributed by atoms with Crippen LogP contribution in [-0.4, -0.2) is 50.7 Å². The number of hydrogen-bond acceptors (Lipinski definition) is 6. The predicted molar refractivity (Wildman–Crippen MR) is 110 cm³/mol. The maximum atomic E-state index is 13.8. The Morgan fingerprint density at radius 3 is 2.62 bits per heavy atom. The fourth-order valence-electron chi connectivity index (χ4n) is 3.64. The number of amides is 1. The largest absolute Gasteiger partial charge is 0.488 e. The van der Waals surface area contributed by atoms with Crippen LogP contribution in [0.3, 0.4) is 0 Å². The summed E-state index contributed by atoms with van der Waals surface area (Å²) in [6, 6.07) is 2.70. The van der Waals surface area contributed by atoms with Crippen molar-refractivity contribution in [1.29, 1.82) is 0 Å². The fraction of sp³-hybridized carbons (Fsp3) is 0.619.